The molecule has 0 aromatic rings. The summed E-state index contributed by atoms with van der Waals surface area (Å²) in [5, 5.41) is 14.4. The zero-order chi connectivity index (χ0) is 13.9. The van der Waals surface area contributed by atoms with Crippen LogP contribution in [0.1, 0.15) is 39.5 Å². The van der Waals surface area contributed by atoms with E-state index in [4.69, 9.17) is 14.6 Å². The van der Waals surface area contributed by atoms with E-state index in [1.165, 1.54) is 0 Å². The van der Waals surface area contributed by atoms with E-state index in [0.29, 0.717) is 19.6 Å². The molecule has 0 fully saturated rings. The van der Waals surface area contributed by atoms with Gasteiger partial charge in [-0.3, -0.25) is 10.6 Å². The van der Waals surface area contributed by atoms with Crippen molar-refractivity contribution in [2.75, 3.05) is 26.9 Å². The first-order valence-corrected chi connectivity index (χ1v) is 6.52. The maximum Gasteiger partial charge on any atom is 0.410 e. The third kappa shape index (κ3) is 6.78. The van der Waals surface area contributed by atoms with Crippen molar-refractivity contribution in [1.82, 2.24) is 10.6 Å². The second-order valence-electron chi connectivity index (χ2n) is 3.89. The van der Waals surface area contributed by atoms with Crippen molar-refractivity contribution >= 4 is 6.09 Å². The van der Waals surface area contributed by atoms with Crippen LogP contribution in [-0.4, -0.2) is 43.9 Å². The molecule has 108 valence electrons. The molecular weight excluding hydrogens is 236 g/mol. The fraction of sp³-hybridized carbons (Fsp3) is 0.917. The first kappa shape index (κ1) is 17.2. The molecule has 18 heavy (non-hydrogen) atoms. The van der Waals surface area contributed by atoms with Crippen LogP contribution in [0.2, 0.25) is 0 Å². The van der Waals surface area contributed by atoms with Gasteiger partial charge < -0.3 is 14.6 Å². The maximum absolute atomic E-state index is 11.5. The lowest BCUT2D eigenvalue weighted by molar-refractivity contribution is -0.0891. The predicted octanol–water partition coefficient (Wildman–Crippen LogP) is 1.19. The molecule has 0 bridgehead atoms. The van der Waals surface area contributed by atoms with Crippen molar-refractivity contribution in [1.29, 1.82) is 0 Å². The molecule has 0 aliphatic heterocycles. The minimum absolute atomic E-state index is 0.187. The Kier molecular flexibility index (Phi) is 9.63. The van der Waals surface area contributed by atoms with Crippen LogP contribution in [0.4, 0.5) is 4.79 Å². The Morgan fingerprint density at radius 1 is 1.22 bits per heavy atom. The van der Waals surface area contributed by atoms with Crippen LogP contribution in [0.3, 0.4) is 0 Å². The summed E-state index contributed by atoms with van der Waals surface area (Å²) in [6.45, 7) is 4.61. The molecule has 1 amide bonds. The first-order valence-electron chi connectivity index (χ1n) is 6.52. The van der Waals surface area contributed by atoms with Gasteiger partial charge in [0.1, 0.15) is 0 Å². The van der Waals surface area contributed by atoms with E-state index in [1.807, 2.05) is 6.92 Å². The van der Waals surface area contributed by atoms with Crippen LogP contribution in [0.15, 0.2) is 0 Å². The number of hydrogen-bond donors (Lipinski definition) is 3. The van der Waals surface area contributed by atoms with Gasteiger partial charge in [0.2, 0.25) is 0 Å². The highest BCUT2D eigenvalue weighted by molar-refractivity contribution is 5.67. The smallest absolute Gasteiger partial charge is 0.410 e. The summed E-state index contributed by atoms with van der Waals surface area (Å²) in [5.41, 5.74) is 0. The Hall–Kier alpha value is -0.850. The summed E-state index contributed by atoms with van der Waals surface area (Å²) < 4.78 is 10.5. The fourth-order valence-corrected chi connectivity index (χ4v) is 1.67. The van der Waals surface area contributed by atoms with Gasteiger partial charge >= 0.3 is 6.09 Å². The third-order valence-corrected chi connectivity index (χ3v) is 2.56. The monoisotopic (exact) mass is 262 g/mol. The van der Waals surface area contributed by atoms with Gasteiger partial charge in [0.05, 0.1) is 6.61 Å². The fourth-order valence-electron chi connectivity index (χ4n) is 1.67. The van der Waals surface area contributed by atoms with Crippen molar-refractivity contribution in [2.24, 2.45) is 0 Å². The molecule has 1 atom stereocenters. The molecule has 0 radical (unpaired) electrons. The lowest BCUT2D eigenvalue weighted by Crippen LogP contribution is -2.59. The Morgan fingerprint density at radius 2 is 1.94 bits per heavy atom. The highest BCUT2D eigenvalue weighted by Gasteiger charge is 2.30. The van der Waals surface area contributed by atoms with E-state index in [0.717, 1.165) is 19.3 Å². The predicted molar refractivity (Wildman–Crippen MR) is 69.1 cm³/mol. The summed E-state index contributed by atoms with van der Waals surface area (Å²) in [5.74, 6) is -0.892. The number of aliphatic hydroxyl groups is 1. The van der Waals surface area contributed by atoms with Gasteiger partial charge in [0.15, 0.2) is 5.85 Å². The molecule has 0 aromatic carbocycles. The molecule has 1 unspecified atom stereocenters. The standard InChI is InChI=1S/C12H26N2O4/c1-4-17-11(16)14-12(13-3,18-5-2)9-7-6-8-10-15/h13,15H,4-10H2,1-3H3,(H,14,16). The van der Waals surface area contributed by atoms with Crippen LogP contribution < -0.4 is 10.6 Å². The number of aliphatic hydroxyl groups excluding tert-OH is 1. The van der Waals surface area contributed by atoms with E-state index < -0.39 is 11.9 Å². The molecule has 0 spiro atoms. The number of hydrogen-bond acceptors (Lipinski definition) is 5. The van der Waals surface area contributed by atoms with E-state index >= 15 is 0 Å². The minimum atomic E-state index is -0.892. The third-order valence-electron chi connectivity index (χ3n) is 2.56. The highest BCUT2D eigenvalue weighted by Crippen LogP contribution is 2.14. The van der Waals surface area contributed by atoms with E-state index in [9.17, 15) is 4.79 Å². The molecule has 6 nitrogen and oxygen atoms in total. The van der Waals surface area contributed by atoms with Gasteiger partial charge in [-0.25, -0.2) is 4.79 Å². The molecule has 0 aliphatic carbocycles. The molecule has 0 saturated carbocycles. The SMILES string of the molecule is CCOC(=O)NC(CCCCCO)(NC)OCC. The lowest BCUT2D eigenvalue weighted by atomic mass is 10.1. The Bertz CT molecular complexity index is 226. The van der Waals surface area contributed by atoms with Gasteiger partial charge in [-0.1, -0.05) is 6.42 Å². The van der Waals surface area contributed by atoms with Crippen LogP contribution in [-0.2, 0) is 9.47 Å². The summed E-state index contributed by atoms with van der Waals surface area (Å²) in [4.78, 5) is 11.5. The van der Waals surface area contributed by atoms with Gasteiger partial charge in [-0.2, -0.15) is 0 Å². The van der Waals surface area contributed by atoms with Gasteiger partial charge in [0.25, 0.3) is 0 Å². The summed E-state index contributed by atoms with van der Waals surface area (Å²) in [7, 11) is 1.73. The zero-order valence-electron chi connectivity index (χ0n) is 11.6. The molecule has 0 heterocycles. The molecule has 0 aromatic heterocycles. The number of carbonyl (C=O) groups excluding carboxylic acids is 1. The van der Waals surface area contributed by atoms with Crippen molar-refractivity contribution in [3.05, 3.63) is 0 Å². The normalized spacial score (nSPS) is 14.0. The average Bonchev–Trinajstić information content (AvgIpc) is 2.35. The molecule has 0 saturated heterocycles. The second kappa shape index (κ2) is 10.1. The van der Waals surface area contributed by atoms with Gasteiger partial charge in [-0.15, -0.1) is 0 Å². The van der Waals surface area contributed by atoms with Crippen molar-refractivity contribution in [2.45, 2.75) is 45.4 Å². The summed E-state index contributed by atoms with van der Waals surface area (Å²) in [6.07, 6.45) is 2.61. The summed E-state index contributed by atoms with van der Waals surface area (Å²) in [6, 6.07) is 0. The number of ether oxygens (including phenoxy) is 2. The lowest BCUT2D eigenvalue weighted by Gasteiger charge is -2.33. The number of amides is 1. The number of carbonyl (C=O) groups is 1. The van der Waals surface area contributed by atoms with Gasteiger partial charge in [0, 0.05) is 19.6 Å². The van der Waals surface area contributed by atoms with Crippen LogP contribution in [0.25, 0.3) is 0 Å². The Morgan fingerprint density at radius 3 is 2.44 bits per heavy atom. The largest absolute Gasteiger partial charge is 0.450 e. The Balaban J connectivity index is 4.34. The second-order valence-corrected chi connectivity index (χ2v) is 3.89. The highest BCUT2D eigenvalue weighted by atomic mass is 16.6. The minimum Gasteiger partial charge on any atom is -0.450 e. The maximum atomic E-state index is 11.5. The first-order chi connectivity index (χ1) is 8.64. The molecule has 0 rings (SSSR count). The van der Waals surface area contributed by atoms with Gasteiger partial charge in [-0.05, 0) is 33.7 Å². The topological polar surface area (TPSA) is 79.8 Å². The van der Waals surface area contributed by atoms with E-state index in [1.54, 1.807) is 14.0 Å². The Labute approximate surface area is 109 Å². The van der Waals surface area contributed by atoms with Crippen LogP contribution in [0, 0.1) is 0 Å². The number of unbranched alkanes of at least 4 members (excludes halogenated alkanes) is 2. The quantitative estimate of drug-likeness (QED) is 0.407. The van der Waals surface area contributed by atoms with Crippen molar-refractivity contribution < 1.29 is 19.4 Å². The number of nitrogens with one attached hydrogen (secondary N) is 2. The van der Waals surface area contributed by atoms with Crippen LogP contribution >= 0.6 is 0 Å². The average molecular weight is 262 g/mol. The molecular formula is C12H26N2O4. The van der Waals surface area contributed by atoms with Crippen LogP contribution in [0.5, 0.6) is 0 Å². The molecule has 3 N–H and O–H groups in total. The van der Waals surface area contributed by atoms with E-state index in [2.05, 4.69) is 10.6 Å². The number of rotatable bonds is 10. The molecule has 6 heteroatoms. The number of alkyl carbamates (subject to hydrolysis) is 1. The zero-order valence-corrected chi connectivity index (χ0v) is 11.6. The van der Waals surface area contributed by atoms with E-state index in [-0.39, 0.29) is 6.61 Å². The summed E-state index contributed by atoms with van der Waals surface area (Å²) >= 11 is 0. The van der Waals surface area contributed by atoms with Crippen molar-refractivity contribution in [3.8, 4) is 0 Å². The van der Waals surface area contributed by atoms with Crippen molar-refractivity contribution in [3.63, 3.8) is 0 Å². The molecule has 0 aliphatic rings.